The first-order chi connectivity index (χ1) is 13.1. The van der Waals surface area contributed by atoms with Crippen LogP contribution >= 0.6 is 27.3 Å². The van der Waals surface area contributed by atoms with E-state index < -0.39 is 0 Å². The summed E-state index contributed by atoms with van der Waals surface area (Å²) in [7, 11) is 4.49. The number of halogens is 1. The fourth-order valence-electron chi connectivity index (χ4n) is 2.53. The summed E-state index contributed by atoms with van der Waals surface area (Å²) < 4.78 is 16.9. The first-order valence-electron chi connectivity index (χ1n) is 7.89. The van der Waals surface area contributed by atoms with Crippen molar-refractivity contribution >= 4 is 38.3 Å². The van der Waals surface area contributed by atoms with E-state index in [1.54, 1.807) is 12.1 Å². The SMILES string of the molecule is COc1ccc(C(=O)Nc2nc(-c3ccc(Br)cc3)cs2)c(OC)c1OC. The van der Waals surface area contributed by atoms with Gasteiger partial charge < -0.3 is 14.2 Å². The number of thiazole rings is 1. The van der Waals surface area contributed by atoms with Gasteiger partial charge >= 0.3 is 0 Å². The minimum absolute atomic E-state index is 0.305. The fourth-order valence-corrected chi connectivity index (χ4v) is 3.51. The Morgan fingerprint density at radius 1 is 1.00 bits per heavy atom. The monoisotopic (exact) mass is 448 g/mol. The lowest BCUT2D eigenvalue weighted by Gasteiger charge is -2.15. The Labute approximate surface area is 169 Å². The smallest absolute Gasteiger partial charge is 0.261 e. The normalized spacial score (nSPS) is 10.4. The lowest BCUT2D eigenvalue weighted by atomic mass is 10.1. The number of amides is 1. The highest BCUT2D eigenvalue weighted by atomic mass is 79.9. The molecule has 1 amide bonds. The molecule has 1 N–H and O–H groups in total. The molecule has 0 fully saturated rings. The summed E-state index contributed by atoms with van der Waals surface area (Å²) in [5.74, 6) is 0.809. The second-order valence-corrected chi connectivity index (χ2v) is 7.15. The van der Waals surface area contributed by atoms with E-state index in [0.717, 1.165) is 15.7 Å². The van der Waals surface area contributed by atoms with E-state index in [0.29, 0.717) is 27.9 Å². The number of rotatable bonds is 6. The molecule has 0 aliphatic heterocycles. The number of carbonyl (C=O) groups is 1. The van der Waals surface area contributed by atoms with Crippen molar-refractivity contribution in [2.24, 2.45) is 0 Å². The summed E-state index contributed by atoms with van der Waals surface area (Å²) in [6, 6.07) is 11.1. The van der Waals surface area contributed by atoms with Crippen LogP contribution in [0.4, 0.5) is 5.13 Å². The van der Waals surface area contributed by atoms with Crippen LogP contribution < -0.4 is 19.5 Å². The Hall–Kier alpha value is -2.58. The van der Waals surface area contributed by atoms with Gasteiger partial charge in [-0.3, -0.25) is 10.1 Å². The summed E-state index contributed by atoms with van der Waals surface area (Å²) >= 11 is 4.76. The topological polar surface area (TPSA) is 69.7 Å². The molecule has 3 rings (SSSR count). The predicted octanol–water partition coefficient (Wildman–Crippen LogP) is 4.85. The van der Waals surface area contributed by atoms with E-state index in [-0.39, 0.29) is 5.91 Å². The molecule has 0 saturated heterocycles. The van der Waals surface area contributed by atoms with Gasteiger partial charge in [0, 0.05) is 15.4 Å². The number of anilines is 1. The van der Waals surface area contributed by atoms with Crippen molar-refractivity contribution < 1.29 is 19.0 Å². The van der Waals surface area contributed by atoms with Crippen molar-refractivity contribution in [2.45, 2.75) is 0 Å². The average molecular weight is 449 g/mol. The number of nitrogens with zero attached hydrogens (tertiary/aromatic N) is 1. The molecule has 140 valence electrons. The minimum Gasteiger partial charge on any atom is -0.493 e. The van der Waals surface area contributed by atoms with Gasteiger partial charge in [-0.15, -0.1) is 11.3 Å². The van der Waals surface area contributed by atoms with Crippen LogP contribution in [-0.4, -0.2) is 32.2 Å². The second kappa shape index (κ2) is 8.41. The lowest BCUT2D eigenvalue weighted by Crippen LogP contribution is -2.13. The Kier molecular flexibility index (Phi) is 5.98. The van der Waals surface area contributed by atoms with Crippen LogP contribution in [0.2, 0.25) is 0 Å². The van der Waals surface area contributed by atoms with Crippen LogP contribution in [0.3, 0.4) is 0 Å². The molecule has 6 nitrogen and oxygen atoms in total. The Bertz CT molecular complexity index is 957. The second-order valence-electron chi connectivity index (χ2n) is 5.38. The summed E-state index contributed by atoms with van der Waals surface area (Å²) in [6.45, 7) is 0. The van der Waals surface area contributed by atoms with E-state index in [1.165, 1.54) is 32.7 Å². The van der Waals surface area contributed by atoms with Crippen LogP contribution in [0.25, 0.3) is 11.3 Å². The highest BCUT2D eigenvalue weighted by molar-refractivity contribution is 9.10. The fraction of sp³-hybridized carbons (Fsp3) is 0.158. The maximum atomic E-state index is 12.7. The first-order valence-corrected chi connectivity index (χ1v) is 9.56. The summed E-state index contributed by atoms with van der Waals surface area (Å²) in [5, 5.41) is 5.19. The molecule has 1 heterocycles. The van der Waals surface area contributed by atoms with Gasteiger partial charge in [0.1, 0.15) is 0 Å². The van der Waals surface area contributed by atoms with Crippen LogP contribution in [0.1, 0.15) is 10.4 Å². The Balaban J connectivity index is 1.85. The predicted molar refractivity (Wildman–Crippen MR) is 109 cm³/mol. The molecule has 0 unspecified atom stereocenters. The van der Waals surface area contributed by atoms with Crippen LogP contribution in [0.5, 0.6) is 17.2 Å². The third-order valence-corrected chi connectivity index (χ3v) is 5.10. The van der Waals surface area contributed by atoms with Crippen LogP contribution in [0, 0.1) is 0 Å². The molecule has 0 atom stereocenters. The maximum absolute atomic E-state index is 12.7. The number of benzene rings is 2. The molecule has 1 aromatic heterocycles. The minimum atomic E-state index is -0.343. The number of aromatic nitrogens is 1. The van der Waals surface area contributed by atoms with E-state index >= 15 is 0 Å². The van der Waals surface area contributed by atoms with Gasteiger partial charge in [-0.25, -0.2) is 4.98 Å². The quantitative estimate of drug-likeness (QED) is 0.583. The molecule has 0 aliphatic carbocycles. The zero-order chi connectivity index (χ0) is 19.4. The highest BCUT2D eigenvalue weighted by Crippen LogP contribution is 2.40. The van der Waals surface area contributed by atoms with Gasteiger partial charge in [0.25, 0.3) is 5.91 Å². The summed E-state index contributed by atoms with van der Waals surface area (Å²) in [5.41, 5.74) is 2.09. The maximum Gasteiger partial charge on any atom is 0.261 e. The number of hydrogen-bond acceptors (Lipinski definition) is 6. The van der Waals surface area contributed by atoms with Crippen molar-refractivity contribution in [3.05, 3.63) is 51.8 Å². The Morgan fingerprint density at radius 2 is 1.70 bits per heavy atom. The van der Waals surface area contributed by atoms with E-state index in [9.17, 15) is 4.79 Å². The lowest BCUT2D eigenvalue weighted by molar-refractivity contribution is 0.102. The average Bonchev–Trinajstić information content (AvgIpc) is 3.15. The van der Waals surface area contributed by atoms with Crippen molar-refractivity contribution in [2.75, 3.05) is 26.6 Å². The highest BCUT2D eigenvalue weighted by Gasteiger charge is 2.21. The zero-order valence-corrected chi connectivity index (χ0v) is 17.3. The molecule has 0 aliphatic rings. The first kappa shape index (κ1) is 19.2. The number of ether oxygens (including phenoxy) is 3. The van der Waals surface area contributed by atoms with Gasteiger partial charge in [-0.2, -0.15) is 0 Å². The largest absolute Gasteiger partial charge is 0.493 e. The van der Waals surface area contributed by atoms with Crippen LogP contribution in [0.15, 0.2) is 46.3 Å². The number of nitrogens with one attached hydrogen (secondary N) is 1. The molecule has 3 aromatic rings. The zero-order valence-electron chi connectivity index (χ0n) is 14.9. The molecule has 0 saturated carbocycles. The number of methoxy groups -OCH3 is 3. The van der Waals surface area contributed by atoms with Crippen molar-refractivity contribution in [1.29, 1.82) is 0 Å². The van der Waals surface area contributed by atoms with Crippen molar-refractivity contribution in [1.82, 2.24) is 4.98 Å². The summed E-state index contributed by atoms with van der Waals surface area (Å²) in [4.78, 5) is 17.2. The molecule has 27 heavy (non-hydrogen) atoms. The van der Waals surface area contributed by atoms with Gasteiger partial charge in [0.2, 0.25) is 5.75 Å². The number of carbonyl (C=O) groups excluding carboxylic acids is 1. The molecular weight excluding hydrogens is 432 g/mol. The van der Waals surface area contributed by atoms with Gasteiger partial charge in [-0.1, -0.05) is 28.1 Å². The van der Waals surface area contributed by atoms with Crippen LogP contribution in [-0.2, 0) is 0 Å². The van der Waals surface area contributed by atoms with Gasteiger partial charge in [-0.05, 0) is 24.3 Å². The van der Waals surface area contributed by atoms with Gasteiger partial charge in [0.15, 0.2) is 16.6 Å². The van der Waals surface area contributed by atoms with E-state index in [4.69, 9.17) is 14.2 Å². The molecule has 0 bridgehead atoms. The molecular formula is C19H17BrN2O4S. The Morgan fingerprint density at radius 3 is 2.33 bits per heavy atom. The molecule has 8 heteroatoms. The number of hydrogen-bond donors (Lipinski definition) is 1. The van der Waals surface area contributed by atoms with E-state index in [2.05, 4.69) is 26.2 Å². The van der Waals surface area contributed by atoms with Crippen molar-refractivity contribution in [3.8, 4) is 28.5 Å². The standard InChI is InChI=1S/C19H17BrN2O4S/c1-24-15-9-8-13(16(25-2)17(15)26-3)18(23)22-19-21-14(10-27-19)11-4-6-12(20)7-5-11/h4-10H,1-3H3,(H,21,22,23). The van der Waals surface area contributed by atoms with Gasteiger partial charge in [0.05, 0.1) is 32.6 Å². The molecule has 0 radical (unpaired) electrons. The van der Waals surface area contributed by atoms with E-state index in [1.807, 2.05) is 29.6 Å². The van der Waals surface area contributed by atoms with Crippen molar-refractivity contribution in [3.63, 3.8) is 0 Å². The third kappa shape index (κ3) is 4.06. The molecule has 0 spiro atoms. The molecule has 2 aromatic carbocycles. The summed E-state index contributed by atoms with van der Waals surface area (Å²) in [6.07, 6.45) is 0. The third-order valence-electron chi connectivity index (χ3n) is 3.81.